The predicted octanol–water partition coefficient (Wildman–Crippen LogP) is 5.01. The van der Waals surface area contributed by atoms with E-state index in [9.17, 15) is 14.0 Å². The van der Waals surface area contributed by atoms with Gasteiger partial charge in [-0.3, -0.25) is 9.59 Å². The average Bonchev–Trinajstić information content (AvgIpc) is 2.93. The van der Waals surface area contributed by atoms with Gasteiger partial charge in [0.15, 0.2) is 0 Å². The lowest BCUT2D eigenvalue weighted by Gasteiger charge is -2.43. The fourth-order valence-corrected chi connectivity index (χ4v) is 5.68. The Balaban J connectivity index is 1.29. The number of amides is 2. The number of likely N-dealkylation sites (tertiary alicyclic amines) is 1. The zero-order valence-corrected chi connectivity index (χ0v) is 21.4. The van der Waals surface area contributed by atoms with Crippen molar-refractivity contribution in [3.63, 3.8) is 0 Å². The van der Waals surface area contributed by atoms with Crippen molar-refractivity contribution in [2.75, 3.05) is 37.6 Å². The Hall–Kier alpha value is -3.67. The first-order valence-electron chi connectivity index (χ1n) is 13.2. The molecule has 5 nitrogen and oxygen atoms in total. The summed E-state index contributed by atoms with van der Waals surface area (Å²) in [6.07, 6.45) is 1.83. The van der Waals surface area contributed by atoms with Gasteiger partial charge in [-0.2, -0.15) is 0 Å². The lowest BCUT2D eigenvalue weighted by molar-refractivity contribution is -0.143. The van der Waals surface area contributed by atoms with Gasteiger partial charge < -0.3 is 14.7 Å². The van der Waals surface area contributed by atoms with Crippen molar-refractivity contribution in [2.24, 2.45) is 5.92 Å². The molecule has 0 aromatic heterocycles. The number of aryl methyl sites for hydroxylation is 1. The number of benzene rings is 3. The van der Waals surface area contributed by atoms with Gasteiger partial charge in [0.25, 0.3) is 0 Å². The summed E-state index contributed by atoms with van der Waals surface area (Å²) < 4.78 is 14.2. The first-order chi connectivity index (χ1) is 18.0. The van der Waals surface area contributed by atoms with Crippen molar-refractivity contribution in [3.05, 3.63) is 101 Å². The Morgan fingerprint density at radius 3 is 2.32 bits per heavy atom. The third-order valence-corrected chi connectivity index (χ3v) is 7.66. The molecule has 6 heteroatoms. The van der Waals surface area contributed by atoms with Gasteiger partial charge >= 0.3 is 0 Å². The summed E-state index contributed by atoms with van der Waals surface area (Å²) >= 11 is 0. The maximum atomic E-state index is 14.2. The molecule has 2 saturated heterocycles. The average molecular weight is 500 g/mol. The molecule has 3 aromatic rings. The summed E-state index contributed by atoms with van der Waals surface area (Å²) in [6, 6.07) is 24.9. The normalized spacial score (nSPS) is 20.1. The lowest BCUT2D eigenvalue weighted by Crippen LogP contribution is -2.53. The van der Waals surface area contributed by atoms with Crippen molar-refractivity contribution in [3.8, 4) is 0 Å². The van der Waals surface area contributed by atoms with Crippen LogP contribution in [0, 0.1) is 18.7 Å². The monoisotopic (exact) mass is 499 g/mol. The van der Waals surface area contributed by atoms with E-state index in [4.69, 9.17) is 0 Å². The van der Waals surface area contributed by atoms with Gasteiger partial charge in [-0.1, -0.05) is 72.3 Å². The van der Waals surface area contributed by atoms with E-state index in [0.29, 0.717) is 44.8 Å². The molecule has 2 heterocycles. The second-order valence-corrected chi connectivity index (χ2v) is 10.2. The minimum atomic E-state index is -0.232. The highest BCUT2D eigenvalue weighted by Crippen LogP contribution is 2.35. The molecule has 192 valence electrons. The molecule has 2 aliphatic heterocycles. The number of hydrogen-bond donors (Lipinski definition) is 0. The van der Waals surface area contributed by atoms with Crippen molar-refractivity contribution in [2.45, 2.75) is 32.2 Å². The Kier molecular flexibility index (Phi) is 7.54. The number of piperidine rings is 1. The van der Waals surface area contributed by atoms with Crippen molar-refractivity contribution in [1.82, 2.24) is 9.80 Å². The maximum Gasteiger partial charge on any atom is 0.227 e. The first kappa shape index (κ1) is 25.0. The molecule has 0 N–H and O–H groups in total. The van der Waals surface area contributed by atoms with Gasteiger partial charge in [0.05, 0.1) is 24.1 Å². The molecule has 0 bridgehead atoms. The van der Waals surface area contributed by atoms with Crippen LogP contribution in [-0.4, -0.2) is 54.3 Å². The molecule has 37 heavy (non-hydrogen) atoms. The minimum Gasteiger partial charge on any atom is -0.366 e. The largest absolute Gasteiger partial charge is 0.366 e. The summed E-state index contributed by atoms with van der Waals surface area (Å²) in [5, 5.41) is 0. The molecule has 0 saturated carbocycles. The molecule has 2 fully saturated rings. The second kappa shape index (κ2) is 11.2. The highest BCUT2D eigenvalue weighted by atomic mass is 19.1. The number of piperazine rings is 1. The Morgan fingerprint density at radius 1 is 0.865 bits per heavy atom. The molecule has 2 aliphatic rings. The molecule has 2 amide bonds. The summed E-state index contributed by atoms with van der Waals surface area (Å²) in [4.78, 5) is 33.0. The van der Waals surface area contributed by atoms with Gasteiger partial charge in [0.1, 0.15) is 5.82 Å². The summed E-state index contributed by atoms with van der Waals surface area (Å²) in [5.41, 5.74) is 3.86. The fraction of sp³-hybridized carbons (Fsp3) is 0.355. The van der Waals surface area contributed by atoms with Crippen molar-refractivity contribution < 1.29 is 14.0 Å². The van der Waals surface area contributed by atoms with Crippen LogP contribution in [0.15, 0.2) is 78.9 Å². The van der Waals surface area contributed by atoms with E-state index in [1.807, 2.05) is 57.2 Å². The van der Waals surface area contributed by atoms with Gasteiger partial charge in [-0.25, -0.2) is 4.39 Å². The van der Waals surface area contributed by atoms with Crippen LogP contribution in [0.25, 0.3) is 0 Å². The van der Waals surface area contributed by atoms with Crippen LogP contribution in [0.4, 0.5) is 10.1 Å². The Labute approximate surface area is 218 Å². The van der Waals surface area contributed by atoms with Gasteiger partial charge in [0.2, 0.25) is 11.8 Å². The molecular weight excluding hydrogens is 465 g/mol. The molecule has 0 spiro atoms. The third kappa shape index (κ3) is 5.68. The molecular formula is C31H34FN3O2. The Bertz CT molecular complexity index is 1240. The van der Waals surface area contributed by atoms with E-state index in [-0.39, 0.29) is 29.6 Å². The van der Waals surface area contributed by atoms with E-state index in [2.05, 4.69) is 25.1 Å². The summed E-state index contributed by atoms with van der Waals surface area (Å²) in [7, 11) is 0. The Morgan fingerprint density at radius 2 is 1.59 bits per heavy atom. The lowest BCUT2D eigenvalue weighted by atomic mass is 9.87. The van der Waals surface area contributed by atoms with Crippen molar-refractivity contribution in [1.29, 1.82) is 0 Å². The van der Waals surface area contributed by atoms with Crippen molar-refractivity contribution >= 4 is 17.5 Å². The third-order valence-electron chi connectivity index (χ3n) is 7.66. The van der Waals surface area contributed by atoms with Gasteiger partial charge in [0, 0.05) is 32.7 Å². The highest BCUT2D eigenvalue weighted by molar-refractivity contribution is 5.83. The quantitative estimate of drug-likeness (QED) is 0.496. The molecule has 0 radical (unpaired) electrons. The number of anilines is 1. The topological polar surface area (TPSA) is 43.9 Å². The molecule has 0 unspecified atom stereocenters. The van der Waals surface area contributed by atoms with Gasteiger partial charge in [-0.15, -0.1) is 0 Å². The zero-order chi connectivity index (χ0) is 25.8. The molecule has 5 rings (SSSR count). The second-order valence-electron chi connectivity index (χ2n) is 10.2. The van der Waals surface area contributed by atoms with Crippen LogP contribution in [0.2, 0.25) is 0 Å². The van der Waals surface area contributed by atoms with E-state index in [1.165, 1.54) is 11.6 Å². The molecule has 0 aliphatic carbocycles. The molecule has 2 atom stereocenters. The van der Waals surface area contributed by atoms with Gasteiger partial charge in [-0.05, 0) is 43.0 Å². The summed E-state index contributed by atoms with van der Waals surface area (Å²) in [5.74, 6) is -0.293. The van der Waals surface area contributed by atoms with E-state index < -0.39 is 0 Å². The van der Waals surface area contributed by atoms with Crippen LogP contribution in [0.3, 0.4) is 0 Å². The highest BCUT2D eigenvalue weighted by Gasteiger charge is 2.37. The predicted molar refractivity (Wildman–Crippen MR) is 144 cm³/mol. The van der Waals surface area contributed by atoms with E-state index >= 15 is 0 Å². The molecule has 3 aromatic carbocycles. The smallest absolute Gasteiger partial charge is 0.227 e. The summed E-state index contributed by atoms with van der Waals surface area (Å²) in [6.45, 7) is 4.81. The number of halogens is 1. The van der Waals surface area contributed by atoms with E-state index in [1.54, 1.807) is 12.1 Å². The number of para-hydroxylation sites is 1. The fourth-order valence-electron chi connectivity index (χ4n) is 5.68. The zero-order valence-electron chi connectivity index (χ0n) is 21.4. The maximum absolute atomic E-state index is 14.2. The minimum absolute atomic E-state index is 0.0296. The standard InChI is InChI=1S/C31H34FN3O2/c1-23-8-7-11-25(20-23)28-15-14-26(22-35(28)30(36)21-24-9-3-2-4-10-24)31(37)34-18-16-33(17-19-34)29-13-6-5-12-27(29)32/h2-13,20,26,28H,14-19,21-22H2,1H3/t26-,28-/m0/s1. The number of carbonyl (C=O) groups excluding carboxylic acids is 2. The number of nitrogens with zero attached hydrogens (tertiary/aromatic N) is 3. The number of rotatable bonds is 5. The number of hydrogen-bond acceptors (Lipinski definition) is 3. The first-order valence-corrected chi connectivity index (χ1v) is 13.2. The van der Waals surface area contributed by atoms with Crippen LogP contribution < -0.4 is 4.90 Å². The number of carbonyl (C=O) groups is 2. The van der Waals surface area contributed by atoms with Crippen LogP contribution >= 0.6 is 0 Å². The van der Waals surface area contributed by atoms with E-state index in [0.717, 1.165) is 24.0 Å². The van der Waals surface area contributed by atoms with Crippen LogP contribution in [0.1, 0.15) is 35.6 Å². The SMILES string of the molecule is Cc1cccc([C@@H]2CC[C@H](C(=O)N3CCN(c4ccccc4F)CC3)CN2C(=O)Cc2ccccc2)c1. The van der Waals surface area contributed by atoms with Crippen LogP contribution in [-0.2, 0) is 16.0 Å². The van der Waals surface area contributed by atoms with Crippen LogP contribution in [0.5, 0.6) is 0 Å².